The number of carbonyl (C=O) groups is 1. The number of hydrogen-bond acceptors (Lipinski definition) is 4. The lowest BCUT2D eigenvalue weighted by Gasteiger charge is -2.21. The van der Waals surface area contributed by atoms with Crippen LogP contribution < -0.4 is 10.9 Å². The standard InChI is InChI=1S/C20H22N4O3/c1-3-24(20(26)21-15-8-6-7-14(11-15)13-27-2)12-18-22-17-10-5-4-9-16(17)19(25)23-18/h4-11H,3,12-13H2,1-2H3,(H,21,26)(H,22,23,25). The van der Waals surface area contributed by atoms with Crippen LogP contribution in [0.4, 0.5) is 10.5 Å². The number of nitrogens with zero attached hydrogens (tertiary/aromatic N) is 2. The highest BCUT2D eigenvalue weighted by molar-refractivity contribution is 5.89. The Bertz CT molecular complexity index is 1000. The zero-order chi connectivity index (χ0) is 19.2. The molecule has 3 rings (SSSR count). The third kappa shape index (κ3) is 4.51. The van der Waals surface area contributed by atoms with Gasteiger partial charge >= 0.3 is 6.03 Å². The van der Waals surface area contributed by atoms with Crippen LogP contribution in [0.2, 0.25) is 0 Å². The summed E-state index contributed by atoms with van der Waals surface area (Å²) >= 11 is 0. The molecule has 7 heteroatoms. The Hall–Kier alpha value is -3.19. The molecule has 0 saturated carbocycles. The molecular weight excluding hydrogens is 344 g/mol. The van der Waals surface area contributed by atoms with Crippen LogP contribution >= 0.6 is 0 Å². The summed E-state index contributed by atoms with van der Waals surface area (Å²) in [6.07, 6.45) is 0. The number of anilines is 1. The minimum absolute atomic E-state index is 0.209. The monoisotopic (exact) mass is 366 g/mol. The number of aromatic nitrogens is 2. The molecule has 0 saturated heterocycles. The van der Waals surface area contributed by atoms with Gasteiger partial charge in [0.1, 0.15) is 5.82 Å². The van der Waals surface area contributed by atoms with Gasteiger partial charge < -0.3 is 19.9 Å². The zero-order valence-corrected chi connectivity index (χ0v) is 15.4. The molecule has 0 fully saturated rings. The van der Waals surface area contributed by atoms with Gasteiger partial charge in [0.15, 0.2) is 0 Å². The third-order valence-electron chi connectivity index (χ3n) is 4.16. The first kappa shape index (κ1) is 18.6. The molecule has 1 aromatic heterocycles. The molecule has 1 heterocycles. The molecule has 2 N–H and O–H groups in total. The number of hydrogen-bond donors (Lipinski definition) is 2. The van der Waals surface area contributed by atoms with E-state index in [0.717, 1.165) is 5.56 Å². The molecule has 7 nitrogen and oxygen atoms in total. The van der Waals surface area contributed by atoms with E-state index in [-0.39, 0.29) is 18.1 Å². The van der Waals surface area contributed by atoms with Gasteiger partial charge in [-0.1, -0.05) is 24.3 Å². The summed E-state index contributed by atoms with van der Waals surface area (Å²) in [6, 6.07) is 14.4. The number of H-pyrrole nitrogens is 1. The van der Waals surface area contributed by atoms with Crippen molar-refractivity contribution in [2.24, 2.45) is 0 Å². The highest BCUT2D eigenvalue weighted by Crippen LogP contribution is 2.13. The van der Waals surface area contributed by atoms with Gasteiger partial charge in [-0.2, -0.15) is 0 Å². The predicted molar refractivity (Wildman–Crippen MR) is 105 cm³/mol. The Labute approximate surface area is 157 Å². The van der Waals surface area contributed by atoms with E-state index in [0.29, 0.717) is 35.6 Å². The van der Waals surface area contributed by atoms with Crippen molar-refractivity contribution in [2.75, 3.05) is 19.0 Å². The van der Waals surface area contributed by atoms with Crippen LogP contribution in [0.15, 0.2) is 53.3 Å². The van der Waals surface area contributed by atoms with Gasteiger partial charge in [0.25, 0.3) is 5.56 Å². The Morgan fingerprint density at radius 2 is 2.04 bits per heavy atom. The lowest BCUT2D eigenvalue weighted by Crippen LogP contribution is -2.35. The van der Waals surface area contributed by atoms with Gasteiger partial charge in [-0.05, 0) is 36.8 Å². The molecule has 0 aliphatic heterocycles. The molecule has 0 unspecified atom stereocenters. The summed E-state index contributed by atoms with van der Waals surface area (Å²) < 4.78 is 5.12. The summed E-state index contributed by atoms with van der Waals surface area (Å²) in [6.45, 7) is 3.03. The molecule has 3 aromatic rings. The summed E-state index contributed by atoms with van der Waals surface area (Å²) in [5, 5.41) is 3.41. The highest BCUT2D eigenvalue weighted by atomic mass is 16.5. The third-order valence-corrected chi connectivity index (χ3v) is 4.16. The molecule has 0 radical (unpaired) electrons. The Morgan fingerprint density at radius 1 is 1.22 bits per heavy atom. The van der Waals surface area contributed by atoms with Crippen LogP contribution in [0.5, 0.6) is 0 Å². The lowest BCUT2D eigenvalue weighted by atomic mass is 10.2. The van der Waals surface area contributed by atoms with Crippen molar-refractivity contribution < 1.29 is 9.53 Å². The fourth-order valence-corrected chi connectivity index (χ4v) is 2.83. The molecule has 0 atom stereocenters. The molecule has 2 amide bonds. The smallest absolute Gasteiger partial charge is 0.322 e. The second kappa shape index (κ2) is 8.46. The molecule has 0 bridgehead atoms. The fraction of sp³-hybridized carbons (Fsp3) is 0.250. The maximum absolute atomic E-state index is 12.6. The summed E-state index contributed by atoms with van der Waals surface area (Å²) in [4.78, 5) is 33.6. The van der Waals surface area contributed by atoms with Crippen molar-refractivity contribution in [1.29, 1.82) is 0 Å². The molecule has 0 aliphatic rings. The van der Waals surface area contributed by atoms with Crippen molar-refractivity contribution in [3.63, 3.8) is 0 Å². The minimum Gasteiger partial charge on any atom is -0.380 e. The lowest BCUT2D eigenvalue weighted by molar-refractivity contribution is 0.185. The van der Waals surface area contributed by atoms with Gasteiger partial charge in [0.2, 0.25) is 0 Å². The normalized spacial score (nSPS) is 10.7. The van der Waals surface area contributed by atoms with E-state index in [2.05, 4.69) is 15.3 Å². The van der Waals surface area contributed by atoms with E-state index in [1.807, 2.05) is 37.3 Å². The van der Waals surface area contributed by atoms with Crippen LogP contribution in [0.1, 0.15) is 18.3 Å². The number of fused-ring (bicyclic) bond motifs is 1. The Kier molecular flexibility index (Phi) is 5.83. The number of urea groups is 1. The minimum atomic E-state index is -0.261. The van der Waals surface area contributed by atoms with E-state index in [1.165, 1.54) is 0 Å². The number of benzene rings is 2. The number of nitrogens with one attached hydrogen (secondary N) is 2. The molecule has 0 spiro atoms. The predicted octanol–water partition coefficient (Wildman–Crippen LogP) is 3.12. The number of ether oxygens (including phenoxy) is 1. The highest BCUT2D eigenvalue weighted by Gasteiger charge is 2.14. The van der Waals surface area contributed by atoms with E-state index in [4.69, 9.17) is 4.74 Å². The van der Waals surface area contributed by atoms with Crippen LogP contribution in [-0.2, 0) is 17.9 Å². The summed E-state index contributed by atoms with van der Waals surface area (Å²) in [5.41, 5.74) is 2.06. The van der Waals surface area contributed by atoms with E-state index < -0.39 is 0 Å². The van der Waals surface area contributed by atoms with Gasteiger partial charge in [-0.25, -0.2) is 9.78 Å². The Balaban J connectivity index is 1.76. The van der Waals surface area contributed by atoms with Crippen molar-refractivity contribution >= 4 is 22.6 Å². The first-order valence-corrected chi connectivity index (χ1v) is 8.72. The fourth-order valence-electron chi connectivity index (χ4n) is 2.83. The van der Waals surface area contributed by atoms with Gasteiger partial charge in [-0.3, -0.25) is 4.79 Å². The summed E-state index contributed by atoms with van der Waals surface area (Å²) in [7, 11) is 1.63. The molecule has 0 aliphatic carbocycles. The molecule has 140 valence electrons. The van der Waals surface area contributed by atoms with Crippen LogP contribution in [0, 0.1) is 0 Å². The average Bonchev–Trinajstić information content (AvgIpc) is 2.66. The van der Waals surface area contributed by atoms with Crippen molar-refractivity contribution in [2.45, 2.75) is 20.1 Å². The largest absolute Gasteiger partial charge is 0.380 e. The van der Waals surface area contributed by atoms with Crippen molar-refractivity contribution in [3.8, 4) is 0 Å². The quantitative estimate of drug-likeness (QED) is 0.702. The van der Waals surface area contributed by atoms with E-state index >= 15 is 0 Å². The van der Waals surface area contributed by atoms with Crippen molar-refractivity contribution in [1.82, 2.24) is 14.9 Å². The van der Waals surface area contributed by atoms with E-state index in [1.54, 1.807) is 30.2 Å². The first-order chi connectivity index (χ1) is 13.1. The molecule has 27 heavy (non-hydrogen) atoms. The van der Waals surface area contributed by atoms with Crippen LogP contribution in [0.3, 0.4) is 0 Å². The first-order valence-electron chi connectivity index (χ1n) is 8.72. The number of aromatic amines is 1. The second-order valence-electron chi connectivity index (χ2n) is 6.11. The molecular formula is C20H22N4O3. The SMILES string of the molecule is CCN(Cc1nc2ccccc2c(=O)[nH]1)C(=O)Nc1cccc(COC)c1. The topological polar surface area (TPSA) is 87.3 Å². The maximum Gasteiger partial charge on any atom is 0.322 e. The zero-order valence-electron chi connectivity index (χ0n) is 15.4. The molecule has 2 aromatic carbocycles. The number of para-hydroxylation sites is 1. The van der Waals surface area contributed by atoms with E-state index in [9.17, 15) is 9.59 Å². The number of carbonyl (C=O) groups excluding carboxylic acids is 1. The average molecular weight is 366 g/mol. The van der Waals surface area contributed by atoms with Gasteiger partial charge in [0, 0.05) is 19.3 Å². The van der Waals surface area contributed by atoms with Gasteiger partial charge in [-0.15, -0.1) is 0 Å². The van der Waals surface area contributed by atoms with Crippen LogP contribution in [-0.4, -0.2) is 34.6 Å². The van der Waals surface area contributed by atoms with Crippen molar-refractivity contribution in [3.05, 3.63) is 70.3 Å². The van der Waals surface area contributed by atoms with Gasteiger partial charge in [0.05, 0.1) is 24.1 Å². The number of rotatable bonds is 6. The van der Waals surface area contributed by atoms with Crippen LogP contribution in [0.25, 0.3) is 10.9 Å². The number of methoxy groups -OCH3 is 1. The maximum atomic E-state index is 12.6. The second-order valence-corrected chi connectivity index (χ2v) is 6.11. The summed E-state index contributed by atoms with van der Waals surface area (Å²) in [5.74, 6) is 0.448. The number of amides is 2. The Morgan fingerprint density at radius 3 is 2.81 bits per heavy atom.